The van der Waals surface area contributed by atoms with Crippen molar-refractivity contribution in [3.63, 3.8) is 0 Å². The summed E-state index contributed by atoms with van der Waals surface area (Å²) in [5.41, 5.74) is 2.45. The molecule has 0 bridgehead atoms. The van der Waals surface area contributed by atoms with Crippen LogP contribution in [0.1, 0.15) is 47.2 Å². The third kappa shape index (κ3) is 3.45. The fourth-order valence-corrected chi connectivity index (χ4v) is 3.67. The van der Waals surface area contributed by atoms with Crippen LogP contribution in [0.25, 0.3) is 0 Å². The zero-order valence-electron chi connectivity index (χ0n) is 14.8. The number of hydrogen-bond donors (Lipinski definition) is 2. The molecule has 0 amide bonds. The number of ketones is 2. The molecule has 1 aliphatic heterocycles. The van der Waals surface area contributed by atoms with Gasteiger partial charge in [0.05, 0.1) is 0 Å². The van der Waals surface area contributed by atoms with Gasteiger partial charge in [-0.2, -0.15) is 0 Å². The summed E-state index contributed by atoms with van der Waals surface area (Å²) in [5, 5.41) is 19.7. The number of carbonyl (C=O) groups excluding carboxylic acids is 2. The average Bonchev–Trinajstić information content (AvgIpc) is 2.77. The number of benzene rings is 2. The summed E-state index contributed by atoms with van der Waals surface area (Å²) in [6.07, 6.45) is 6.38. The Balaban J connectivity index is 1.64. The molecule has 138 valence electrons. The molecule has 1 aliphatic carbocycles. The zero-order valence-corrected chi connectivity index (χ0v) is 14.8. The molecule has 0 saturated carbocycles. The van der Waals surface area contributed by atoms with Crippen LogP contribution in [0.3, 0.4) is 0 Å². The lowest BCUT2D eigenvalue weighted by Gasteiger charge is -2.13. The van der Waals surface area contributed by atoms with Crippen molar-refractivity contribution in [3.05, 3.63) is 58.7 Å². The Morgan fingerprint density at radius 3 is 2.70 bits per heavy atom. The van der Waals surface area contributed by atoms with Crippen LogP contribution < -0.4 is 4.74 Å². The van der Waals surface area contributed by atoms with Gasteiger partial charge >= 0.3 is 0 Å². The number of carbonyl (C=O) groups is 2. The number of Topliss-reactive ketones (excluding diaryl/α,β-unsaturated/α-hetero) is 2. The lowest BCUT2D eigenvalue weighted by Crippen LogP contribution is -2.09. The third-order valence-corrected chi connectivity index (χ3v) is 5.06. The summed E-state index contributed by atoms with van der Waals surface area (Å²) in [6, 6.07) is 7.82. The van der Waals surface area contributed by atoms with Crippen molar-refractivity contribution in [3.8, 4) is 23.0 Å². The first-order valence-corrected chi connectivity index (χ1v) is 9.12. The van der Waals surface area contributed by atoms with Gasteiger partial charge in [0.2, 0.25) is 0 Å². The first-order valence-electron chi connectivity index (χ1n) is 9.12. The monoisotopic (exact) mass is 364 g/mol. The van der Waals surface area contributed by atoms with Crippen LogP contribution in [0.2, 0.25) is 0 Å². The standard InChI is InChI=1S/C22H20O5/c23-16-11-19(26)22-18(25)10-15-7-6-13(9-20(15)27-21(22)12-16)8-17(24)14-4-2-1-3-5-14/h4,6-7,9,11-12,23,26H,1-3,5,8,10H2. The summed E-state index contributed by atoms with van der Waals surface area (Å²) < 4.78 is 5.84. The van der Waals surface area contributed by atoms with Gasteiger partial charge in [-0.05, 0) is 42.9 Å². The first-order chi connectivity index (χ1) is 13.0. The first kappa shape index (κ1) is 17.3. The van der Waals surface area contributed by atoms with E-state index in [0.29, 0.717) is 11.3 Å². The van der Waals surface area contributed by atoms with E-state index >= 15 is 0 Å². The van der Waals surface area contributed by atoms with Crippen LogP contribution >= 0.6 is 0 Å². The minimum atomic E-state index is -0.303. The molecule has 0 saturated heterocycles. The Bertz CT molecular complexity index is 971. The molecule has 2 N–H and O–H groups in total. The van der Waals surface area contributed by atoms with Gasteiger partial charge in [-0.15, -0.1) is 0 Å². The fourth-order valence-electron chi connectivity index (χ4n) is 3.67. The summed E-state index contributed by atoms with van der Waals surface area (Å²) >= 11 is 0. The van der Waals surface area contributed by atoms with Crippen LogP contribution in [-0.2, 0) is 17.6 Å². The van der Waals surface area contributed by atoms with Gasteiger partial charge in [-0.3, -0.25) is 9.59 Å². The highest BCUT2D eigenvalue weighted by atomic mass is 16.5. The SMILES string of the molecule is O=C(Cc1ccc2c(c1)Oc1cc(O)cc(O)c1C(=O)C2)C1=CCCCC1. The van der Waals surface area contributed by atoms with E-state index in [-0.39, 0.29) is 47.2 Å². The van der Waals surface area contributed by atoms with E-state index in [2.05, 4.69) is 0 Å². The lowest BCUT2D eigenvalue weighted by molar-refractivity contribution is -0.115. The number of aromatic hydroxyl groups is 2. The number of phenolic OH excluding ortho intramolecular Hbond substituents is 2. The Morgan fingerprint density at radius 2 is 1.93 bits per heavy atom. The maximum atomic E-state index is 12.5. The second-order valence-electron chi connectivity index (χ2n) is 7.06. The van der Waals surface area contributed by atoms with Crippen molar-refractivity contribution < 1.29 is 24.5 Å². The van der Waals surface area contributed by atoms with Gasteiger partial charge in [-0.1, -0.05) is 18.2 Å². The summed E-state index contributed by atoms with van der Waals surface area (Å²) in [5.74, 6) is -0.0577. The molecule has 1 heterocycles. The van der Waals surface area contributed by atoms with E-state index in [1.54, 1.807) is 12.1 Å². The average molecular weight is 364 g/mol. The molecule has 5 nitrogen and oxygen atoms in total. The summed E-state index contributed by atoms with van der Waals surface area (Å²) in [7, 11) is 0. The summed E-state index contributed by atoms with van der Waals surface area (Å²) in [4.78, 5) is 25.0. The Hall–Kier alpha value is -3.08. The molecular formula is C22H20O5. The largest absolute Gasteiger partial charge is 0.508 e. The van der Waals surface area contributed by atoms with E-state index in [9.17, 15) is 19.8 Å². The minimum Gasteiger partial charge on any atom is -0.508 e. The molecule has 0 spiro atoms. The number of fused-ring (bicyclic) bond motifs is 2. The Morgan fingerprint density at radius 1 is 1.07 bits per heavy atom. The normalized spacial score (nSPS) is 15.9. The van der Waals surface area contributed by atoms with Crippen LogP contribution in [0.4, 0.5) is 0 Å². The lowest BCUT2D eigenvalue weighted by atomic mass is 9.93. The second-order valence-corrected chi connectivity index (χ2v) is 7.06. The maximum Gasteiger partial charge on any atom is 0.174 e. The van der Waals surface area contributed by atoms with Crippen LogP contribution in [-0.4, -0.2) is 21.8 Å². The number of allylic oxidation sites excluding steroid dienone is 2. The molecule has 0 aromatic heterocycles. The molecule has 2 aliphatic rings. The molecule has 27 heavy (non-hydrogen) atoms. The molecule has 0 fully saturated rings. The zero-order chi connectivity index (χ0) is 19.0. The minimum absolute atomic E-state index is 0.0639. The second kappa shape index (κ2) is 6.91. The third-order valence-electron chi connectivity index (χ3n) is 5.06. The maximum absolute atomic E-state index is 12.5. The van der Waals surface area contributed by atoms with Crippen molar-refractivity contribution in [1.82, 2.24) is 0 Å². The van der Waals surface area contributed by atoms with E-state index in [1.165, 1.54) is 6.07 Å². The molecule has 0 atom stereocenters. The molecule has 2 aromatic rings. The van der Waals surface area contributed by atoms with Crippen molar-refractivity contribution in [2.45, 2.75) is 38.5 Å². The number of ether oxygens (including phenoxy) is 1. The van der Waals surface area contributed by atoms with Crippen LogP contribution in [0, 0.1) is 0 Å². The van der Waals surface area contributed by atoms with Crippen molar-refractivity contribution in [2.75, 3.05) is 0 Å². The van der Waals surface area contributed by atoms with Gasteiger partial charge in [0.15, 0.2) is 11.6 Å². The molecule has 5 heteroatoms. The highest BCUT2D eigenvalue weighted by molar-refractivity contribution is 6.03. The topological polar surface area (TPSA) is 83.8 Å². The molecule has 0 radical (unpaired) electrons. The highest BCUT2D eigenvalue weighted by Gasteiger charge is 2.25. The Kier molecular flexibility index (Phi) is 4.44. The molecular weight excluding hydrogens is 344 g/mol. The number of rotatable bonds is 3. The van der Waals surface area contributed by atoms with Gasteiger partial charge in [0.1, 0.15) is 28.6 Å². The molecule has 0 unspecified atom stereocenters. The predicted molar refractivity (Wildman–Crippen MR) is 99.6 cm³/mol. The van der Waals surface area contributed by atoms with Crippen LogP contribution in [0.15, 0.2) is 42.0 Å². The van der Waals surface area contributed by atoms with Gasteiger partial charge in [0, 0.05) is 30.5 Å². The van der Waals surface area contributed by atoms with E-state index < -0.39 is 0 Å². The van der Waals surface area contributed by atoms with Crippen LogP contribution in [0.5, 0.6) is 23.0 Å². The van der Waals surface area contributed by atoms with Crippen molar-refractivity contribution in [1.29, 1.82) is 0 Å². The summed E-state index contributed by atoms with van der Waals surface area (Å²) in [6.45, 7) is 0. The Labute approximate surface area is 156 Å². The smallest absolute Gasteiger partial charge is 0.174 e. The number of hydrogen-bond acceptors (Lipinski definition) is 5. The van der Waals surface area contributed by atoms with E-state index in [1.807, 2.05) is 12.1 Å². The molecule has 4 rings (SSSR count). The number of phenols is 2. The quantitative estimate of drug-likeness (QED) is 0.851. The van der Waals surface area contributed by atoms with E-state index in [4.69, 9.17) is 4.74 Å². The van der Waals surface area contributed by atoms with Gasteiger partial charge in [-0.25, -0.2) is 0 Å². The highest BCUT2D eigenvalue weighted by Crippen LogP contribution is 2.40. The predicted octanol–water partition coefficient (Wildman–Crippen LogP) is 4.24. The van der Waals surface area contributed by atoms with E-state index in [0.717, 1.165) is 42.9 Å². The van der Waals surface area contributed by atoms with Gasteiger partial charge in [0.25, 0.3) is 0 Å². The fraction of sp³-hybridized carbons (Fsp3) is 0.273. The molecule has 2 aromatic carbocycles. The van der Waals surface area contributed by atoms with Crippen molar-refractivity contribution in [2.24, 2.45) is 0 Å². The van der Waals surface area contributed by atoms with Crippen molar-refractivity contribution >= 4 is 11.6 Å². The van der Waals surface area contributed by atoms with Gasteiger partial charge < -0.3 is 14.9 Å².